The fourth-order valence-corrected chi connectivity index (χ4v) is 2.17. The van der Waals surface area contributed by atoms with Crippen molar-refractivity contribution in [1.82, 2.24) is 0 Å². The molecule has 0 atom stereocenters. The number of carboxylic acids is 1. The van der Waals surface area contributed by atoms with Crippen molar-refractivity contribution in [3.05, 3.63) is 53.6 Å². The van der Waals surface area contributed by atoms with Crippen LogP contribution in [0.2, 0.25) is 0 Å². The topological polar surface area (TPSA) is 65.0 Å². The third-order valence-corrected chi connectivity index (χ3v) is 3.35. The van der Waals surface area contributed by atoms with Crippen molar-refractivity contribution < 1.29 is 24.1 Å². The van der Waals surface area contributed by atoms with Crippen LogP contribution in [0.5, 0.6) is 17.2 Å². The zero-order valence-corrected chi connectivity index (χ0v) is 13.2. The van der Waals surface area contributed by atoms with Gasteiger partial charge >= 0.3 is 5.97 Å². The van der Waals surface area contributed by atoms with Crippen LogP contribution in [0, 0.1) is 0 Å². The van der Waals surface area contributed by atoms with Gasteiger partial charge in [0.1, 0.15) is 17.2 Å². The van der Waals surface area contributed by atoms with E-state index in [1.54, 1.807) is 55.7 Å². The molecule has 2 rings (SSSR count). The molecule has 0 saturated heterocycles. The molecule has 0 aromatic heterocycles. The second-order valence-electron chi connectivity index (χ2n) is 4.70. The number of hydrogen-bond donors (Lipinski definition) is 1. The van der Waals surface area contributed by atoms with Crippen LogP contribution in [0.3, 0.4) is 0 Å². The van der Waals surface area contributed by atoms with Crippen molar-refractivity contribution in [3.63, 3.8) is 0 Å². The minimum absolute atomic E-state index is 0.135. The SMILES string of the molecule is COc1cccc(/C(=C/c2cc(OC)ccc2OC)C(=O)O)c1. The van der Waals surface area contributed by atoms with E-state index >= 15 is 0 Å². The number of aliphatic carboxylic acids is 1. The number of hydrogen-bond acceptors (Lipinski definition) is 4. The Morgan fingerprint density at radius 2 is 1.65 bits per heavy atom. The molecule has 0 aliphatic carbocycles. The Balaban J connectivity index is 2.57. The number of ether oxygens (including phenoxy) is 3. The quantitative estimate of drug-likeness (QED) is 0.654. The van der Waals surface area contributed by atoms with E-state index in [4.69, 9.17) is 14.2 Å². The molecular formula is C18H18O5. The van der Waals surface area contributed by atoms with Gasteiger partial charge < -0.3 is 19.3 Å². The first-order valence-corrected chi connectivity index (χ1v) is 6.90. The lowest BCUT2D eigenvalue weighted by atomic mass is 10.0. The standard InChI is InChI=1S/C18H18O5/c1-21-14-6-4-5-12(9-14)16(18(19)20)11-13-10-15(22-2)7-8-17(13)23-3/h4-11H,1-3H3,(H,19,20)/b16-11-. The predicted octanol–water partition coefficient (Wildman–Crippen LogP) is 3.34. The fraction of sp³-hybridized carbons (Fsp3) is 0.167. The van der Waals surface area contributed by atoms with Crippen molar-refractivity contribution in [3.8, 4) is 17.2 Å². The van der Waals surface area contributed by atoms with Gasteiger partial charge in [0.05, 0.1) is 26.9 Å². The predicted molar refractivity (Wildman–Crippen MR) is 88.0 cm³/mol. The Kier molecular flexibility index (Phi) is 5.25. The molecule has 23 heavy (non-hydrogen) atoms. The first kappa shape index (κ1) is 16.4. The zero-order valence-electron chi connectivity index (χ0n) is 13.2. The number of carbonyl (C=O) groups is 1. The molecular weight excluding hydrogens is 296 g/mol. The van der Waals surface area contributed by atoms with Crippen LogP contribution in [0.15, 0.2) is 42.5 Å². The molecule has 0 radical (unpaired) electrons. The number of carboxylic acid groups (broad SMARTS) is 1. The normalized spacial score (nSPS) is 11.0. The van der Waals surface area contributed by atoms with Gasteiger partial charge in [-0.1, -0.05) is 12.1 Å². The van der Waals surface area contributed by atoms with E-state index in [9.17, 15) is 9.90 Å². The van der Waals surface area contributed by atoms with Crippen LogP contribution in [0.1, 0.15) is 11.1 Å². The monoisotopic (exact) mass is 314 g/mol. The van der Waals surface area contributed by atoms with Gasteiger partial charge in [-0.05, 0) is 42.0 Å². The lowest BCUT2D eigenvalue weighted by molar-refractivity contribution is -0.130. The molecule has 0 amide bonds. The van der Waals surface area contributed by atoms with Crippen LogP contribution in [0.4, 0.5) is 0 Å². The fourth-order valence-electron chi connectivity index (χ4n) is 2.17. The highest BCUT2D eigenvalue weighted by Crippen LogP contribution is 2.29. The molecule has 0 saturated carbocycles. The Morgan fingerprint density at radius 1 is 0.957 bits per heavy atom. The van der Waals surface area contributed by atoms with E-state index in [-0.39, 0.29) is 5.57 Å². The summed E-state index contributed by atoms with van der Waals surface area (Å²) >= 11 is 0. The van der Waals surface area contributed by atoms with E-state index in [2.05, 4.69) is 0 Å². The molecule has 1 N–H and O–H groups in total. The van der Waals surface area contributed by atoms with Crippen molar-refractivity contribution in [2.45, 2.75) is 0 Å². The Bertz CT molecular complexity index is 734. The summed E-state index contributed by atoms with van der Waals surface area (Å²) in [6.45, 7) is 0. The third-order valence-electron chi connectivity index (χ3n) is 3.35. The lowest BCUT2D eigenvalue weighted by Crippen LogP contribution is -2.00. The largest absolute Gasteiger partial charge is 0.497 e. The molecule has 0 unspecified atom stereocenters. The van der Waals surface area contributed by atoms with Gasteiger partial charge in [0.25, 0.3) is 0 Å². The maximum Gasteiger partial charge on any atom is 0.336 e. The summed E-state index contributed by atoms with van der Waals surface area (Å²) in [5, 5.41) is 9.56. The number of rotatable bonds is 6. The van der Waals surface area contributed by atoms with Crippen molar-refractivity contribution in [1.29, 1.82) is 0 Å². The first-order chi connectivity index (χ1) is 11.1. The molecule has 0 aliphatic rings. The van der Waals surface area contributed by atoms with E-state index < -0.39 is 5.97 Å². The van der Waals surface area contributed by atoms with Crippen LogP contribution in [0.25, 0.3) is 11.6 Å². The van der Waals surface area contributed by atoms with E-state index in [1.165, 1.54) is 14.2 Å². The summed E-state index contributed by atoms with van der Waals surface area (Å²) in [6, 6.07) is 12.1. The van der Waals surface area contributed by atoms with E-state index in [1.807, 2.05) is 0 Å². The van der Waals surface area contributed by atoms with Gasteiger partial charge in [0.15, 0.2) is 0 Å². The van der Waals surface area contributed by atoms with Crippen LogP contribution >= 0.6 is 0 Å². The summed E-state index contributed by atoms with van der Waals surface area (Å²) < 4.78 is 15.6. The van der Waals surface area contributed by atoms with Gasteiger partial charge in [0, 0.05) is 5.56 Å². The highest BCUT2D eigenvalue weighted by molar-refractivity contribution is 6.20. The summed E-state index contributed by atoms with van der Waals surface area (Å²) in [4.78, 5) is 11.7. The van der Waals surface area contributed by atoms with Gasteiger partial charge in [-0.3, -0.25) is 0 Å². The molecule has 120 valence electrons. The van der Waals surface area contributed by atoms with Crippen LogP contribution in [-0.2, 0) is 4.79 Å². The van der Waals surface area contributed by atoms with Gasteiger partial charge in [-0.15, -0.1) is 0 Å². The maximum atomic E-state index is 11.7. The zero-order chi connectivity index (χ0) is 16.8. The van der Waals surface area contributed by atoms with Crippen molar-refractivity contribution in [2.24, 2.45) is 0 Å². The van der Waals surface area contributed by atoms with Gasteiger partial charge in [-0.2, -0.15) is 0 Å². The second-order valence-corrected chi connectivity index (χ2v) is 4.70. The summed E-state index contributed by atoms with van der Waals surface area (Å²) in [5.74, 6) is 0.732. The average molecular weight is 314 g/mol. The second kappa shape index (κ2) is 7.35. The Hall–Kier alpha value is -2.95. The average Bonchev–Trinajstić information content (AvgIpc) is 2.59. The Morgan fingerprint density at radius 3 is 2.26 bits per heavy atom. The maximum absolute atomic E-state index is 11.7. The molecule has 0 heterocycles. The Labute approximate surface area is 134 Å². The highest BCUT2D eigenvalue weighted by atomic mass is 16.5. The first-order valence-electron chi connectivity index (χ1n) is 6.90. The summed E-state index contributed by atoms with van der Waals surface area (Å²) in [7, 11) is 4.62. The van der Waals surface area contributed by atoms with Gasteiger partial charge in [0.2, 0.25) is 0 Å². The lowest BCUT2D eigenvalue weighted by Gasteiger charge is -2.10. The van der Waals surface area contributed by atoms with Crippen molar-refractivity contribution in [2.75, 3.05) is 21.3 Å². The molecule has 2 aromatic rings. The molecule has 5 nitrogen and oxygen atoms in total. The number of methoxy groups -OCH3 is 3. The molecule has 0 fully saturated rings. The minimum Gasteiger partial charge on any atom is -0.497 e. The summed E-state index contributed by atoms with van der Waals surface area (Å²) in [5.41, 5.74) is 1.30. The van der Waals surface area contributed by atoms with Crippen LogP contribution in [-0.4, -0.2) is 32.4 Å². The molecule has 0 aliphatic heterocycles. The smallest absolute Gasteiger partial charge is 0.336 e. The number of benzene rings is 2. The molecule has 5 heteroatoms. The third kappa shape index (κ3) is 3.83. The minimum atomic E-state index is -1.04. The molecule has 2 aromatic carbocycles. The van der Waals surface area contributed by atoms with E-state index in [0.717, 1.165) is 0 Å². The molecule has 0 bridgehead atoms. The summed E-state index contributed by atoms with van der Waals surface area (Å²) in [6.07, 6.45) is 1.55. The van der Waals surface area contributed by atoms with E-state index in [0.29, 0.717) is 28.4 Å². The molecule has 0 spiro atoms. The van der Waals surface area contributed by atoms with Gasteiger partial charge in [-0.25, -0.2) is 4.79 Å². The van der Waals surface area contributed by atoms with Crippen molar-refractivity contribution >= 4 is 17.6 Å². The highest BCUT2D eigenvalue weighted by Gasteiger charge is 2.13. The van der Waals surface area contributed by atoms with Crippen LogP contribution < -0.4 is 14.2 Å².